The molecular weight excluding hydrogens is 302 g/mol. The van der Waals surface area contributed by atoms with E-state index in [0.29, 0.717) is 12.8 Å². The van der Waals surface area contributed by atoms with Gasteiger partial charge in [-0.1, -0.05) is 0 Å². The lowest BCUT2D eigenvalue weighted by atomic mass is 9.97. The number of carbonyl (C=O) groups is 3. The number of aliphatic carboxylic acids is 1. The van der Waals surface area contributed by atoms with Gasteiger partial charge >= 0.3 is 18.0 Å². The second kappa shape index (κ2) is 6.37. The molecule has 1 aliphatic carbocycles. The van der Waals surface area contributed by atoms with E-state index >= 15 is 0 Å². The molecule has 0 aromatic rings. The van der Waals surface area contributed by atoms with E-state index in [1.165, 1.54) is 0 Å². The summed E-state index contributed by atoms with van der Waals surface area (Å²) >= 11 is 0. The molecule has 0 bridgehead atoms. The Bertz CT molecular complexity index is 482. The number of carboxylic acids is 1. The SMILES string of the molecule is CC(C)(C)OC(=O)N[C@@H](CC1(C(=O)O)CC1)C(=O)OC(C)(C)C. The first-order valence-electron chi connectivity index (χ1n) is 7.70. The first-order chi connectivity index (χ1) is 10.2. The minimum absolute atomic E-state index is 0.00348. The average molecular weight is 329 g/mol. The van der Waals surface area contributed by atoms with E-state index in [2.05, 4.69) is 5.32 Å². The molecule has 0 aliphatic heterocycles. The summed E-state index contributed by atoms with van der Waals surface area (Å²) in [6.45, 7) is 10.2. The number of amides is 1. The fraction of sp³-hybridized carbons (Fsp3) is 0.812. The van der Waals surface area contributed by atoms with Crippen molar-refractivity contribution < 1.29 is 29.0 Å². The second-order valence-electron chi connectivity index (χ2n) is 8.02. The zero-order valence-corrected chi connectivity index (χ0v) is 14.7. The third kappa shape index (κ3) is 6.46. The topological polar surface area (TPSA) is 102 Å². The molecule has 0 heterocycles. The predicted molar refractivity (Wildman–Crippen MR) is 82.9 cm³/mol. The van der Waals surface area contributed by atoms with E-state index in [4.69, 9.17) is 9.47 Å². The number of hydrogen-bond donors (Lipinski definition) is 2. The van der Waals surface area contributed by atoms with Crippen LogP contribution in [-0.2, 0) is 19.1 Å². The van der Waals surface area contributed by atoms with Gasteiger partial charge < -0.3 is 19.9 Å². The van der Waals surface area contributed by atoms with Gasteiger partial charge in [0.1, 0.15) is 17.2 Å². The lowest BCUT2D eigenvalue weighted by Gasteiger charge is -2.27. The van der Waals surface area contributed by atoms with Gasteiger partial charge in [0.2, 0.25) is 0 Å². The van der Waals surface area contributed by atoms with Crippen molar-refractivity contribution in [3.8, 4) is 0 Å². The van der Waals surface area contributed by atoms with Gasteiger partial charge in [-0.3, -0.25) is 4.79 Å². The number of alkyl carbamates (subject to hydrolysis) is 1. The Morgan fingerprint density at radius 3 is 1.87 bits per heavy atom. The molecular formula is C16H27NO6. The Kier molecular flexibility index (Phi) is 5.34. The molecule has 0 spiro atoms. The van der Waals surface area contributed by atoms with Crippen LogP contribution < -0.4 is 5.32 Å². The Morgan fingerprint density at radius 2 is 1.52 bits per heavy atom. The van der Waals surface area contributed by atoms with Gasteiger partial charge in [0.05, 0.1) is 5.41 Å². The summed E-state index contributed by atoms with van der Waals surface area (Å²) in [4.78, 5) is 35.6. The number of carbonyl (C=O) groups excluding carboxylic acids is 2. The Balaban J connectivity index is 2.82. The van der Waals surface area contributed by atoms with Gasteiger partial charge in [-0.05, 0) is 60.8 Å². The number of esters is 1. The molecule has 1 saturated carbocycles. The maximum absolute atomic E-state index is 12.3. The number of ether oxygens (including phenoxy) is 2. The molecule has 0 aromatic carbocycles. The highest BCUT2D eigenvalue weighted by Gasteiger charge is 2.53. The van der Waals surface area contributed by atoms with Crippen LogP contribution in [0.1, 0.15) is 60.8 Å². The Labute approximate surface area is 136 Å². The molecule has 1 fully saturated rings. The third-order valence-electron chi connectivity index (χ3n) is 3.28. The smallest absolute Gasteiger partial charge is 0.408 e. The van der Waals surface area contributed by atoms with Gasteiger partial charge in [-0.2, -0.15) is 0 Å². The number of nitrogens with one attached hydrogen (secondary N) is 1. The molecule has 2 N–H and O–H groups in total. The van der Waals surface area contributed by atoms with Crippen molar-refractivity contribution in [2.75, 3.05) is 0 Å². The van der Waals surface area contributed by atoms with Gasteiger partial charge in [0.25, 0.3) is 0 Å². The first-order valence-corrected chi connectivity index (χ1v) is 7.70. The van der Waals surface area contributed by atoms with Crippen LogP contribution in [-0.4, -0.2) is 40.4 Å². The summed E-state index contributed by atoms with van der Waals surface area (Å²) in [5.41, 5.74) is -2.41. The summed E-state index contributed by atoms with van der Waals surface area (Å²) in [6.07, 6.45) is 0.195. The maximum atomic E-state index is 12.3. The van der Waals surface area contributed by atoms with E-state index in [1.807, 2.05) is 0 Å². The Morgan fingerprint density at radius 1 is 1.04 bits per heavy atom. The van der Waals surface area contributed by atoms with Crippen LogP contribution >= 0.6 is 0 Å². The van der Waals surface area contributed by atoms with Gasteiger partial charge in [0.15, 0.2) is 0 Å². The normalized spacial score (nSPS) is 17.8. The average Bonchev–Trinajstić information content (AvgIpc) is 3.04. The van der Waals surface area contributed by atoms with E-state index in [9.17, 15) is 19.5 Å². The van der Waals surface area contributed by atoms with Crippen molar-refractivity contribution >= 4 is 18.0 Å². The van der Waals surface area contributed by atoms with Crippen molar-refractivity contribution in [3.05, 3.63) is 0 Å². The highest BCUT2D eigenvalue weighted by molar-refractivity contribution is 5.84. The standard InChI is InChI=1S/C16H27NO6/c1-14(2,3)22-11(18)10(9-16(7-8-16)12(19)20)17-13(21)23-15(4,5)6/h10H,7-9H2,1-6H3,(H,17,21)(H,19,20)/t10-/m0/s1. The fourth-order valence-electron chi connectivity index (χ4n) is 2.06. The quantitative estimate of drug-likeness (QED) is 0.751. The fourth-order valence-corrected chi connectivity index (χ4v) is 2.06. The second-order valence-corrected chi connectivity index (χ2v) is 8.02. The zero-order chi connectivity index (χ0) is 18.1. The largest absolute Gasteiger partial charge is 0.481 e. The number of carboxylic acid groups (broad SMARTS) is 1. The van der Waals surface area contributed by atoms with Crippen LogP contribution in [0.4, 0.5) is 4.79 Å². The van der Waals surface area contributed by atoms with Crippen LogP contribution in [0.2, 0.25) is 0 Å². The van der Waals surface area contributed by atoms with Crippen molar-refractivity contribution in [1.29, 1.82) is 0 Å². The molecule has 1 amide bonds. The summed E-state index contributed by atoms with van der Waals surface area (Å²) in [5, 5.41) is 11.7. The first kappa shape index (κ1) is 19.3. The van der Waals surface area contributed by atoms with Gasteiger partial charge in [-0.15, -0.1) is 0 Å². The van der Waals surface area contributed by atoms with Crippen LogP contribution in [0.25, 0.3) is 0 Å². The molecule has 7 heteroatoms. The summed E-state index contributed by atoms with van der Waals surface area (Å²) in [5.74, 6) is -1.62. The van der Waals surface area contributed by atoms with Crippen molar-refractivity contribution in [1.82, 2.24) is 5.32 Å². The molecule has 0 unspecified atom stereocenters. The van der Waals surface area contributed by atoms with Crippen LogP contribution in [0.3, 0.4) is 0 Å². The molecule has 7 nitrogen and oxygen atoms in total. The molecule has 132 valence electrons. The van der Waals surface area contributed by atoms with Crippen molar-refractivity contribution in [3.63, 3.8) is 0 Å². The highest BCUT2D eigenvalue weighted by atomic mass is 16.6. The molecule has 1 rings (SSSR count). The molecule has 23 heavy (non-hydrogen) atoms. The van der Waals surface area contributed by atoms with E-state index < -0.39 is 40.7 Å². The number of rotatable bonds is 5. The van der Waals surface area contributed by atoms with Gasteiger partial charge in [-0.25, -0.2) is 9.59 Å². The number of hydrogen-bond acceptors (Lipinski definition) is 5. The summed E-state index contributed by atoms with van der Waals surface area (Å²) in [7, 11) is 0. The third-order valence-corrected chi connectivity index (χ3v) is 3.28. The lowest BCUT2D eigenvalue weighted by Crippen LogP contribution is -2.47. The molecule has 1 aliphatic rings. The van der Waals surface area contributed by atoms with Crippen LogP contribution in [0.5, 0.6) is 0 Å². The van der Waals surface area contributed by atoms with E-state index in [0.717, 1.165) is 0 Å². The molecule has 0 saturated heterocycles. The molecule has 0 radical (unpaired) electrons. The van der Waals surface area contributed by atoms with E-state index in [1.54, 1.807) is 41.5 Å². The lowest BCUT2D eigenvalue weighted by molar-refractivity contribution is -0.158. The van der Waals surface area contributed by atoms with Crippen molar-refractivity contribution in [2.24, 2.45) is 5.41 Å². The van der Waals surface area contributed by atoms with Crippen LogP contribution in [0, 0.1) is 5.41 Å². The van der Waals surface area contributed by atoms with Crippen LogP contribution in [0.15, 0.2) is 0 Å². The minimum atomic E-state index is -1.05. The molecule has 0 aromatic heterocycles. The van der Waals surface area contributed by atoms with E-state index in [-0.39, 0.29) is 6.42 Å². The summed E-state index contributed by atoms with van der Waals surface area (Å²) in [6, 6.07) is -1.05. The van der Waals surface area contributed by atoms with Gasteiger partial charge in [0, 0.05) is 0 Å². The molecule has 1 atom stereocenters. The minimum Gasteiger partial charge on any atom is -0.481 e. The summed E-state index contributed by atoms with van der Waals surface area (Å²) < 4.78 is 10.4. The zero-order valence-electron chi connectivity index (χ0n) is 14.7. The maximum Gasteiger partial charge on any atom is 0.408 e. The highest BCUT2D eigenvalue weighted by Crippen LogP contribution is 2.50. The predicted octanol–water partition coefficient (Wildman–Crippen LogP) is 2.48. The Hall–Kier alpha value is -1.79. The van der Waals surface area contributed by atoms with Crippen molar-refractivity contribution in [2.45, 2.75) is 78.0 Å². The monoisotopic (exact) mass is 329 g/mol.